The van der Waals surface area contributed by atoms with Crippen LogP contribution in [0.15, 0.2) is 30.3 Å². The molecule has 0 saturated carbocycles. The minimum Gasteiger partial charge on any atom is -0.363 e. The molecule has 0 radical (unpaired) electrons. The van der Waals surface area contributed by atoms with Crippen LogP contribution < -0.4 is 11.3 Å². The van der Waals surface area contributed by atoms with E-state index in [2.05, 4.69) is 5.43 Å². The monoisotopic (exact) mass is 222 g/mol. The molecule has 0 fully saturated rings. The minimum atomic E-state index is -0.631. The van der Waals surface area contributed by atoms with Crippen LogP contribution >= 0.6 is 0 Å². The number of nitrogens with one attached hydrogen (secondary N) is 1. The molecule has 1 aromatic carbocycles. The van der Waals surface area contributed by atoms with Crippen LogP contribution in [0.5, 0.6) is 0 Å². The zero-order valence-electron chi connectivity index (χ0n) is 9.64. The summed E-state index contributed by atoms with van der Waals surface area (Å²) in [7, 11) is 0. The van der Waals surface area contributed by atoms with Crippen molar-refractivity contribution in [1.82, 2.24) is 5.43 Å². The largest absolute Gasteiger partial charge is 0.363 e. The molecule has 1 aromatic rings. The Kier molecular flexibility index (Phi) is 4.95. The number of hydrogen-bond acceptors (Lipinski definition) is 3. The smallest absolute Gasteiger partial charge is 0.267 e. The van der Waals surface area contributed by atoms with Gasteiger partial charge in [0.15, 0.2) is 6.10 Å². The van der Waals surface area contributed by atoms with E-state index in [1.165, 1.54) is 0 Å². The summed E-state index contributed by atoms with van der Waals surface area (Å²) < 4.78 is 5.55. The van der Waals surface area contributed by atoms with E-state index in [4.69, 9.17) is 10.6 Å². The van der Waals surface area contributed by atoms with Gasteiger partial charge in [0.25, 0.3) is 5.91 Å². The second-order valence-electron chi connectivity index (χ2n) is 4.03. The molecule has 1 unspecified atom stereocenters. The van der Waals surface area contributed by atoms with Gasteiger partial charge < -0.3 is 4.74 Å². The van der Waals surface area contributed by atoms with E-state index in [-0.39, 0.29) is 5.91 Å². The molecule has 1 atom stereocenters. The van der Waals surface area contributed by atoms with Crippen molar-refractivity contribution >= 4 is 5.91 Å². The van der Waals surface area contributed by atoms with Gasteiger partial charge in [-0.1, -0.05) is 44.2 Å². The van der Waals surface area contributed by atoms with Crippen molar-refractivity contribution in [2.75, 3.05) is 6.61 Å². The molecule has 3 N–H and O–H groups in total. The molecular weight excluding hydrogens is 204 g/mol. The fraction of sp³-hybridized carbons (Fsp3) is 0.417. The lowest BCUT2D eigenvalue weighted by molar-refractivity contribution is -0.134. The van der Waals surface area contributed by atoms with Gasteiger partial charge in [0.2, 0.25) is 0 Å². The zero-order chi connectivity index (χ0) is 12.0. The van der Waals surface area contributed by atoms with Gasteiger partial charge in [-0.2, -0.15) is 0 Å². The van der Waals surface area contributed by atoms with Crippen LogP contribution in [0, 0.1) is 5.92 Å². The maximum Gasteiger partial charge on any atom is 0.267 e. The van der Waals surface area contributed by atoms with Crippen LogP contribution in [0.2, 0.25) is 0 Å². The number of carbonyl (C=O) groups excluding carboxylic acids is 1. The van der Waals surface area contributed by atoms with Crippen LogP contribution in [0.4, 0.5) is 0 Å². The van der Waals surface area contributed by atoms with Gasteiger partial charge in [0, 0.05) is 0 Å². The van der Waals surface area contributed by atoms with Gasteiger partial charge in [-0.15, -0.1) is 0 Å². The number of rotatable bonds is 5. The first-order valence-corrected chi connectivity index (χ1v) is 5.32. The van der Waals surface area contributed by atoms with Gasteiger partial charge in [0.05, 0.1) is 6.61 Å². The van der Waals surface area contributed by atoms with Crippen LogP contribution in [0.1, 0.15) is 25.5 Å². The highest BCUT2D eigenvalue weighted by Gasteiger charge is 2.20. The van der Waals surface area contributed by atoms with Crippen molar-refractivity contribution in [2.45, 2.75) is 20.0 Å². The Labute approximate surface area is 95.8 Å². The summed E-state index contributed by atoms with van der Waals surface area (Å²) in [5.74, 6) is 5.18. The van der Waals surface area contributed by atoms with Gasteiger partial charge in [-0.25, -0.2) is 5.84 Å². The van der Waals surface area contributed by atoms with Crippen LogP contribution in [-0.2, 0) is 9.53 Å². The number of ether oxygens (including phenoxy) is 1. The average molecular weight is 222 g/mol. The molecule has 0 aliphatic heterocycles. The highest BCUT2D eigenvalue weighted by molar-refractivity contribution is 5.81. The first-order chi connectivity index (χ1) is 7.65. The van der Waals surface area contributed by atoms with Gasteiger partial charge in [0.1, 0.15) is 0 Å². The number of hydrazine groups is 1. The maximum absolute atomic E-state index is 11.6. The molecule has 0 aliphatic rings. The third-order valence-electron chi connectivity index (χ3n) is 2.08. The lowest BCUT2D eigenvalue weighted by Crippen LogP contribution is -2.36. The van der Waals surface area contributed by atoms with Crippen molar-refractivity contribution in [3.63, 3.8) is 0 Å². The van der Waals surface area contributed by atoms with E-state index in [0.29, 0.717) is 12.5 Å². The van der Waals surface area contributed by atoms with Crippen LogP contribution in [0.25, 0.3) is 0 Å². The molecule has 16 heavy (non-hydrogen) atoms. The topological polar surface area (TPSA) is 64.3 Å². The van der Waals surface area contributed by atoms with E-state index < -0.39 is 6.10 Å². The summed E-state index contributed by atoms with van der Waals surface area (Å²) in [6.07, 6.45) is -0.631. The Hall–Kier alpha value is -1.39. The van der Waals surface area contributed by atoms with E-state index >= 15 is 0 Å². The normalized spacial score (nSPS) is 12.5. The molecule has 88 valence electrons. The molecule has 1 amide bonds. The van der Waals surface area contributed by atoms with Crippen molar-refractivity contribution in [1.29, 1.82) is 0 Å². The number of benzene rings is 1. The summed E-state index contributed by atoms with van der Waals surface area (Å²) in [5.41, 5.74) is 2.93. The number of nitrogens with two attached hydrogens (primary N) is 1. The van der Waals surface area contributed by atoms with Crippen molar-refractivity contribution < 1.29 is 9.53 Å². The van der Waals surface area contributed by atoms with Crippen molar-refractivity contribution in [3.8, 4) is 0 Å². The number of hydrogen-bond donors (Lipinski definition) is 2. The van der Waals surface area contributed by atoms with Crippen molar-refractivity contribution in [3.05, 3.63) is 35.9 Å². The van der Waals surface area contributed by atoms with Crippen LogP contribution in [-0.4, -0.2) is 12.5 Å². The Bertz CT molecular complexity index is 325. The Morgan fingerprint density at radius 1 is 1.38 bits per heavy atom. The van der Waals surface area contributed by atoms with E-state index in [0.717, 1.165) is 5.56 Å². The van der Waals surface area contributed by atoms with Gasteiger partial charge >= 0.3 is 0 Å². The average Bonchev–Trinajstić information content (AvgIpc) is 2.30. The molecular formula is C12H18N2O2. The van der Waals surface area contributed by atoms with Crippen molar-refractivity contribution in [2.24, 2.45) is 11.8 Å². The fourth-order valence-electron chi connectivity index (χ4n) is 1.32. The highest BCUT2D eigenvalue weighted by atomic mass is 16.5. The van der Waals surface area contributed by atoms with Gasteiger partial charge in [-0.05, 0) is 11.5 Å². The predicted octanol–water partition coefficient (Wildman–Crippen LogP) is 1.39. The molecule has 0 aliphatic carbocycles. The summed E-state index contributed by atoms with van der Waals surface area (Å²) in [5, 5.41) is 0. The minimum absolute atomic E-state index is 0.327. The second-order valence-corrected chi connectivity index (χ2v) is 4.03. The summed E-state index contributed by atoms with van der Waals surface area (Å²) in [4.78, 5) is 11.6. The third kappa shape index (κ3) is 3.64. The molecule has 0 aromatic heterocycles. The predicted molar refractivity (Wildman–Crippen MR) is 62.3 cm³/mol. The SMILES string of the molecule is CC(C)COC(C(=O)NN)c1ccccc1. The van der Waals surface area contributed by atoms with E-state index in [9.17, 15) is 4.79 Å². The third-order valence-corrected chi connectivity index (χ3v) is 2.08. The lowest BCUT2D eigenvalue weighted by Gasteiger charge is -2.17. The molecule has 4 nitrogen and oxygen atoms in total. The van der Waals surface area contributed by atoms with Gasteiger partial charge in [-0.3, -0.25) is 10.2 Å². The molecule has 0 bridgehead atoms. The fourth-order valence-corrected chi connectivity index (χ4v) is 1.32. The maximum atomic E-state index is 11.6. The summed E-state index contributed by atoms with van der Waals surface area (Å²) in [6.45, 7) is 4.58. The van der Waals surface area contributed by atoms with Crippen LogP contribution in [0.3, 0.4) is 0 Å². The second kappa shape index (κ2) is 6.25. The Morgan fingerprint density at radius 3 is 2.50 bits per heavy atom. The number of carbonyl (C=O) groups is 1. The Morgan fingerprint density at radius 2 is 2.00 bits per heavy atom. The quantitative estimate of drug-likeness (QED) is 0.449. The van der Waals surface area contributed by atoms with E-state index in [1.807, 2.05) is 44.2 Å². The first kappa shape index (κ1) is 12.7. The zero-order valence-corrected chi connectivity index (χ0v) is 9.64. The summed E-state index contributed by atoms with van der Waals surface area (Å²) in [6, 6.07) is 9.32. The molecule has 4 heteroatoms. The highest BCUT2D eigenvalue weighted by Crippen LogP contribution is 2.17. The standard InChI is InChI=1S/C12H18N2O2/c1-9(2)8-16-11(12(15)14-13)10-6-4-3-5-7-10/h3-7,9,11H,8,13H2,1-2H3,(H,14,15). The first-order valence-electron chi connectivity index (χ1n) is 5.32. The number of amides is 1. The molecule has 0 saturated heterocycles. The molecule has 1 rings (SSSR count). The molecule has 0 spiro atoms. The molecule has 0 heterocycles. The van der Waals surface area contributed by atoms with E-state index in [1.54, 1.807) is 0 Å². The summed E-state index contributed by atoms with van der Waals surface area (Å²) >= 11 is 0. The lowest BCUT2D eigenvalue weighted by atomic mass is 10.1. The Balaban J connectivity index is 2.76.